The number of hydrogen-bond donors (Lipinski definition) is 1. The first kappa shape index (κ1) is 20.8. The number of anilines is 1. The molecule has 5 rings (SSSR count). The lowest BCUT2D eigenvalue weighted by atomic mass is 10.1. The molecule has 3 heterocycles. The molecular formula is C23H24FN5O2S. The monoisotopic (exact) mass is 453 g/mol. The first-order chi connectivity index (χ1) is 15.7. The van der Waals surface area contributed by atoms with Crippen LogP contribution in [0.5, 0.6) is 5.75 Å². The summed E-state index contributed by atoms with van der Waals surface area (Å²) in [5.41, 5.74) is 3.00. The fourth-order valence-corrected chi connectivity index (χ4v) is 4.58. The summed E-state index contributed by atoms with van der Waals surface area (Å²) in [6, 6.07) is 11.2. The average molecular weight is 454 g/mol. The molecule has 2 saturated heterocycles. The molecule has 0 aliphatic carbocycles. The highest BCUT2D eigenvalue weighted by Crippen LogP contribution is 2.32. The van der Waals surface area contributed by atoms with E-state index in [-0.39, 0.29) is 0 Å². The highest BCUT2D eigenvalue weighted by Gasteiger charge is 2.16. The summed E-state index contributed by atoms with van der Waals surface area (Å²) in [4.78, 5) is 6.99. The summed E-state index contributed by atoms with van der Waals surface area (Å²) < 4.78 is 24.2. The minimum Gasteiger partial charge on any atom is -0.504 e. The molecule has 3 aromatic rings. The van der Waals surface area contributed by atoms with Gasteiger partial charge in [-0.25, -0.2) is 9.37 Å². The summed E-state index contributed by atoms with van der Waals surface area (Å²) in [6.07, 6.45) is 3.95. The van der Waals surface area contributed by atoms with Gasteiger partial charge in [0.25, 0.3) is 0 Å². The number of halogens is 1. The zero-order valence-corrected chi connectivity index (χ0v) is 18.4. The maximum Gasteiger partial charge on any atom is 0.173 e. The third kappa shape index (κ3) is 4.44. The van der Waals surface area contributed by atoms with Crippen molar-refractivity contribution in [3.8, 4) is 27.7 Å². The van der Waals surface area contributed by atoms with Crippen molar-refractivity contribution >= 4 is 23.4 Å². The van der Waals surface area contributed by atoms with E-state index in [0.29, 0.717) is 48.3 Å². The topological polar surface area (TPSA) is 74.1 Å². The van der Waals surface area contributed by atoms with Crippen LogP contribution in [-0.4, -0.2) is 65.1 Å². The van der Waals surface area contributed by atoms with Crippen molar-refractivity contribution in [3.63, 3.8) is 0 Å². The predicted octanol–water partition coefficient (Wildman–Crippen LogP) is 3.98. The second kappa shape index (κ2) is 9.22. The molecular weight excluding hydrogens is 429 g/mol. The zero-order chi connectivity index (χ0) is 21.9. The lowest BCUT2D eigenvalue weighted by molar-refractivity contribution is 0.0397. The molecule has 9 heteroatoms. The molecule has 2 fully saturated rings. The van der Waals surface area contributed by atoms with Gasteiger partial charge in [0, 0.05) is 35.5 Å². The molecule has 2 aromatic carbocycles. The fourth-order valence-electron chi connectivity index (χ4n) is 3.91. The third-order valence-corrected chi connectivity index (χ3v) is 6.47. The molecule has 7 nitrogen and oxygen atoms in total. The molecule has 1 N–H and O–H groups in total. The van der Waals surface area contributed by atoms with Gasteiger partial charge in [0.15, 0.2) is 17.4 Å². The van der Waals surface area contributed by atoms with Crippen LogP contribution in [0.4, 0.5) is 10.1 Å². The van der Waals surface area contributed by atoms with Crippen molar-refractivity contribution in [2.75, 3.05) is 44.3 Å². The average Bonchev–Trinajstić information content (AvgIpc) is 3.54. The number of morpholine rings is 1. The molecule has 1 aromatic heterocycles. The second-order valence-electron chi connectivity index (χ2n) is 7.87. The first-order valence-corrected chi connectivity index (χ1v) is 11.5. The number of nitrogens with zero attached hydrogens (tertiary/aromatic N) is 5. The lowest BCUT2D eigenvalue weighted by Gasteiger charge is -2.23. The highest BCUT2D eigenvalue weighted by molar-refractivity contribution is 7.09. The summed E-state index contributed by atoms with van der Waals surface area (Å²) in [5.74, 6) is -0.527. The number of aromatic hydroxyl groups is 1. The lowest BCUT2D eigenvalue weighted by Crippen LogP contribution is -2.32. The van der Waals surface area contributed by atoms with E-state index in [1.807, 2.05) is 17.1 Å². The van der Waals surface area contributed by atoms with Crippen LogP contribution in [0.3, 0.4) is 0 Å². The van der Waals surface area contributed by atoms with E-state index < -0.39 is 11.6 Å². The first-order valence-electron chi connectivity index (χ1n) is 10.8. The van der Waals surface area contributed by atoms with Gasteiger partial charge >= 0.3 is 0 Å². The van der Waals surface area contributed by atoms with E-state index in [4.69, 9.17) is 4.74 Å². The van der Waals surface area contributed by atoms with E-state index in [9.17, 15) is 9.50 Å². The molecule has 0 saturated carbocycles. The Morgan fingerprint density at radius 2 is 1.78 bits per heavy atom. The molecule has 2 aliphatic heterocycles. The Labute approximate surface area is 189 Å². The number of ether oxygens (including phenoxy) is 1. The largest absolute Gasteiger partial charge is 0.504 e. The number of rotatable bonds is 5. The Bertz CT molecular complexity index is 1110. The van der Waals surface area contributed by atoms with E-state index >= 15 is 0 Å². The van der Waals surface area contributed by atoms with Crippen molar-refractivity contribution in [1.82, 2.24) is 14.4 Å². The summed E-state index contributed by atoms with van der Waals surface area (Å²) in [5, 5.41) is 16.9. The SMILES string of the molecule is Oc1c(F)cc(-c2nc(-c3ccc(N4CCCC4)cc3)ns2)cc1/C=N/N1CCOCC1. The van der Waals surface area contributed by atoms with Gasteiger partial charge < -0.3 is 14.7 Å². The van der Waals surface area contributed by atoms with Gasteiger partial charge in [-0.2, -0.15) is 9.47 Å². The maximum absolute atomic E-state index is 14.4. The molecule has 32 heavy (non-hydrogen) atoms. The van der Waals surface area contributed by atoms with Crippen LogP contribution in [0.15, 0.2) is 41.5 Å². The Morgan fingerprint density at radius 1 is 1.03 bits per heavy atom. The van der Waals surface area contributed by atoms with E-state index in [0.717, 1.165) is 18.7 Å². The van der Waals surface area contributed by atoms with Crippen LogP contribution in [0.2, 0.25) is 0 Å². The zero-order valence-electron chi connectivity index (χ0n) is 17.6. The van der Waals surface area contributed by atoms with Crippen molar-refractivity contribution in [3.05, 3.63) is 47.8 Å². The Hall–Kier alpha value is -3.04. The summed E-state index contributed by atoms with van der Waals surface area (Å²) >= 11 is 1.21. The third-order valence-electron chi connectivity index (χ3n) is 5.71. The Kier molecular flexibility index (Phi) is 6.00. The fraction of sp³-hybridized carbons (Fsp3) is 0.348. The second-order valence-corrected chi connectivity index (χ2v) is 8.62. The minimum atomic E-state index is -0.711. The maximum atomic E-state index is 14.4. The van der Waals surface area contributed by atoms with Gasteiger partial charge in [-0.05, 0) is 60.8 Å². The quantitative estimate of drug-likeness (QED) is 0.589. The van der Waals surface area contributed by atoms with Gasteiger partial charge in [-0.15, -0.1) is 0 Å². The van der Waals surface area contributed by atoms with Crippen molar-refractivity contribution in [2.45, 2.75) is 12.8 Å². The van der Waals surface area contributed by atoms with Crippen LogP contribution in [0.25, 0.3) is 22.0 Å². The van der Waals surface area contributed by atoms with Gasteiger partial charge in [0.05, 0.1) is 32.5 Å². The van der Waals surface area contributed by atoms with Crippen LogP contribution in [0, 0.1) is 5.82 Å². The number of hydrazone groups is 1. The molecule has 166 valence electrons. The van der Waals surface area contributed by atoms with Gasteiger partial charge in [0.1, 0.15) is 5.01 Å². The number of aromatic nitrogens is 2. The molecule has 0 spiro atoms. The Balaban J connectivity index is 1.37. The van der Waals surface area contributed by atoms with Crippen LogP contribution < -0.4 is 4.90 Å². The van der Waals surface area contributed by atoms with E-state index in [2.05, 4.69) is 31.5 Å². The minimum absolute atomic E-state index is 0.304. The highest BCUT2D eigenvalue weighted by atomic mass is 32.1. The summed E-state index contributed by atoms with van der Waals surface area (Å²) in [7, 11) is 0. The predicted molar refractivity (Wildman–Crippen MR) is 124 cm³/mol. The number of benzene rings is 2. The van der Waals surface area contributed by atoms with Crippen molar-refractivity contribution in [2.24, 2.45) is 5.10 Å². The van der Waals surface area contributed by atoms with Gasteiger partial charge in [-0.1, -0.05) is 0 Å². The number of hydrogen-bond acceptors (Lipinski definition) is 8. The molecule has 2 aliphatic rings. The van der Waals surface area contributed by atoms with Crippen molar-refractivity contribution in [1.29, 1.82) is 0 Å². The molecule has 0 atom stereocenters. The van der Waals surface area contributed by atoms with Crippen molar-refractivity contribution < 1.29 is 14.2 Å². The van der Waals surface area contributed by atoms with Crippen LogP contribution >= 0.6 is 11.5 Å². The Morgan fingerprint density at radius 3 is 2.53 bits per heavy atom. The number of phenolic OH excluding ortho intramolecular Hbond substituents is 1. The van der Waals surface area contributed by atoms with Gasteiger partial charge in [-0.3, -0.25) is 5.01 Å². The van der Waals surface area contributed by atoms with Gasteiger partial charge in [0.2, 0.25) is 0 Å². The van der Waals surface area contributed by atoms with E-state index in [1.165, 1.54) is 42.3 Å². The molecule has 0 bridgehead atoms. The molecule has 0 unspecified atom stereocenters. The molecule has 0 amide bonds. The normalized spacial score (nSPS) is 16.9. The van der Waals surface area contributed by atoms with E-state index in [1.54, 1.807) is 6.07 Å². The standard InChI is InChI=1S/C23H24FN5O2S/c24-20-14-17(13-18(21(20)30)15-25-29-9-11-31-12-10-29)23-26-22(27-32-23)16-3-5-19(6-4-16)28-7-1-2-8-28/h3-6,13-15,30H,1-2,7-12H2/b25-15+. The molecule has 0 radical (unpaired) electrons. The smallest absolute Gasteiger partial charge is 0.173 e. The van der Waals surface area contributed by atoms with Crippen LogP contribution in [-0.2, 0) is 4.74 Å². The summed E-state index contributed by atoms with van der Waals surface area (Å²) in [6.45, 7) is 4.73. The van der Waals surface area contributed by atoms with Crippen LogP contribution in [0.1, 0.15) is 18.4 Å². The number of phenols is 1.